The molecule has 2 N–H and O–H groups in total. The Morgan fingerprint density at radius 2 is 1.76 bits per heavy atom. The predicted molar refractivity (Wildman–Crippen MR) is 169 cm³/mol. The molecule has 2 atom stereocenters. The molecule has 236 valence electrons. The van der Waals surface area contributed by atoms with Crippen molar-refractivity contribution in [1.82, 2.24) is 23.9 Å². The maximum absolute atomic E-state index is 13.5. The second-order valence-corrected chi connectivity index (χ2v) is 12.5. The Kier molecular flexibility index (Phi) is 8.62. The number of likely N-dealkylation sites (tertiary alicyclic amines) is 1. The highest BCUT2D eigenvalue weighted by Crippen LogP contribution is 2.31. The number of aromatic nitrogens is 3. The second-order valence-electron chi connectivity index (χ2n) is 11.6. The molecule has 2 saturated heterocycles. The van der Waals surface area contributed by atoms with Crippen molar-refractivity contribution in [2.75, 3.05) is 26.2 Å². The molecule has 2 aromatic heterocycles. The summed E-state index contributed by atoms with van der Waals surface area (Å²) in [7, 11) is 0. The molecule has 2 fully saturated rings. The van der Waals surface area contributed by atoms with Gasteiger partial charge in [0.2, 0.25) is 0 Å². The van der Waals surface area contributed by atoms with Crippen molar-refractivity contribution in [3.63, 3.8) is 0 Å². The highest BCUT2D eigenvalue weighted by Gasteiger charge is 2.36. The molecule has 0 saturated carbocycles. The summed E-state index contributed by atoms with van der Waals surface area (Å²) in [6.07, 6.45) is 1.61. The number of nitrogens with zero attached hydrogens (tertiary/aromatic N) is 5. The van der Waals surface area contributed by atoms with Crippen LogP contribution in [-0.4, -0.2) is 84.1 Å². The molecular formula is C32H33Cl2N5O6. The maximum atomic E-state index is 13.5. The third-order valence-electron chi connectivity index (χ3n) is 8.78. The Labute approximate surface area is 269 Å². The second kappa shape index (κ2) is 12.5. The van der Waals surface area contributed by atoms with Gasteiger partial charge in [-0.3, -0.25) is 23.6 Å². The van der Waals surface area contributed by atoms with Crippen molar-refractivity contribution in [3.05, 3.63) is 92.6 Å². The van der Waals surface area contributed by atoms with Crippen LogP contribution in [-0.2, 0) is 11.3 Å². The van der Waals surface area contributed by atoms with Crippen molar-refractivity contribution >= 4 is 46.2 Å². The third-order valence-corrected chi connectivity index (χ3v) is 9.31. The van der Waals surface area contributed by atoms with Gasteiger partial charge in [-0.05, 0) is 67.3 Å². The lowest BCUT2D eigenvalue weighted by Crippen LogP contribution is -2.49. The SMILES string of the molecule is CC[C@H]1CN(C(=O)O)[C@H](c2ccc(-n3c(Cl)cc4c(=O)n(CC5(O)CCN(C(=O)c6ccc(Cl)cc6)CC5)cnc43)cc2)CO1. The van der Waals surface area contributed by atoms with Crippen LogP contribution in [0.4, 0.5) is 4.79 Å². The Balaban J connectivity index is 1.18. The zero-order chi connectivity index (χ0) is 31.9. The van der Waals surface area contributed by atoms with Crippen molar-refractivity contribution in [2.45, 2.75) is 50.5 Å². The Bertz CT molecular complexity index is 1780. The number of hydrogen-bond donors (Lipinski definition) is 2. The molecule has 6 rings (SSSR count). The highest BCUT2D eigenvalue weighted by atomic mass is 35.5. The van der Waals surface area contributed by atoms with E-state index < -0.39 is 17.7 Å². The van der Waals surface area contributed by atoms with Gasteiger partial charge in [0, 0.05) is 29.4 Å². The van der Waals surface area contributed by atoms with E-state index in [1.807, 2.05) is 31.2 Å². The van der Waals surface area contributed by atoms with E-state index >= 15 is 0 Å². The van der Waals surface area contributed by atoms with E-state index in [4.69, 9.17) is 27.9 Å². The number of carboxylic acid groups (broad SMARTS) is 1. The van der Waals surface area contributed by atoms with Crippen LogP contribution in [0.3, 0.4) is 0 Å². The summed E-state index contributed by atoms with van der Waals surface area (Å²) in [6, 6.07) is 15.1. The number of amides is 2. The molecule has 45 heavy (non-hydrogen) atoms. The quantitative estimate of drug-likeness (QED) is 0.300. The molecule has 2 aromatic carbocycles. The van der Waals surface area contributed by atoms with E-state index in [0.717, 1.165) is 12.0 Å². The van der Waals surface area contributed by atoms with Crippen LogP contribution in [0.15, 0.2) is 65.7 Å². The topological polar surface area (TPSA) is 130 Å². The molecular weight excluding hydrogens is 621 g/mol. The zero-order valence-electron chi connectivity index (χ0n) is 24.6. The maximum Gasteiger partial charge on any atom is 0.407 e. The van der Waals surface area contributed by atoms with Gasteiger partial charge >= 0.3 is 6.09 Å². The normalized spacial score (nSPS) is 20.0. The Morgan fingerprint density at radius 1 is 1.07 bits per heavy atom. The fourth-order valence-electron chi connectivity index (χ4n) is 6.12. The minimum atomic E-state index is -1.19. The van der Waals surface area contributed by atoms with E-state index in [0.29, 0.717) is 59.8 Å². The van der Waals surface area contributed by atoms with E-state index in [1.54, 1.807) is 39.8 Å². The van der Waals surface area contributed by atoms with E-state index in [-0.39, 0.29) is 35.9 Å². The van der Waals surface area contributed by atoms with Gasteiger partial charge in [0.1, 0.15) is 11.5 Å². The molecule has 2 amide bonds. The number of hydrogen-bond acceptors (Lipinski definition) is 6. The number of aliphatic hydroxyl groups is 1. The van der Waals surface area contributed by atoms with Crippen LogP contribution < -0.4 is 5.56 Å². The average molecular weight is 655 g/mol. The first kappa shape index (κ1) is 31.1. The van der Waals surface area contributed by atoms with Gasteiger partial charge in [0.15, 0.2) is 5.65 Å². The number of rotatable bonds is 6. The lowest BCUT2D eigenvalue weighted by atomic mass is 9.91. The van der Waals surface area contributed by atoms with E-state index in [2.05, 4.69) is 4.98 Å². The minimum absolute atomic E-state index is 0.0255. The van der Waals surface area contributed by atoms with Crippen molar-refractivity contribution < 1.29 is 24.5 Å². The fraction of sp³-hybridized carbons (Fsp3) is 0.375. The zero-order valence-corrected chi connectivity index (χ0v) is 26.1. The first-order valence-electron chi connectivity index (χ1n) is 14.8. The fourth-order valence-corrected chi connectivity index (χ4v) is 6.53. The van der Waals surface area contributed by atoms with Gasteiger partial charge in [-0.2, -0.15) is 0 Å². The van der Waals surface area contributed by atoms with Crippen LogP contribution in [0.25, 0.3) is 16.7 Å². The van der Waals surface area contributed by atoms with Gasteiger partial charge in [-0.1, -0.05) is 42.3 Å². The molecule has 0 bridgehead atoms. The van der Waals surface area contributed by atoms with Crippen molar-refractivity contribution in [2.24, 2.45) is 0 Å². The molecule has 0 spiro atoms. The third kappa shape index (κ3) is 6.17. The molecule has 0 radical (unpaired) electrons. The van der Waals surface area contributed by atoms with Gasteiger partial charge in [0.25, 0.3) is 11.5 Å². The number of carbonyl (C=O) groups is 2. The number of piperidine rings is 1. The first-order valence-corrected chi connectivity index (χ1v) is 15.6. The Hall–Kier alpha value is -3.90. The number of ether oxygens (including phenoxy) is 1. The smallest absolute Gasteiger partial charge is 0.407 e. The molecule has 0 unspecified atom stereocenters. The standard InChI is InChI=1S/C32H33Cl2N5O6/c1-2-24-16-38(31(42)43)26(17-45-24)20-5-9-23(10-6-20)39-27(34)15-25-28(39)35-19-37(30(25)41)18-32(44)11-13-36(14-12-32)29(40)21-3-7-22(33)8-4-21/h3-10,15,19,24,26,44H,2,11-14,16-18H2,1H3,(H,42,43)/t24-,26-/m0/s1. The van der Waals surface area contributed by atoms with Gasteiger partial charge in [-0.25, -0.2) is 9.78 Å². The van der Waals surface area contributed by atoms with Gasteiger partial charge in [0.05, 0.1) is 42.8 Å². The predicted octanol–water partition coefficient (Wildman–Crippen LogP) is 4.99. The van der Waals surface area contributed by atoms with Gasteiger partial charge in [-0.15, -0.1) is 0 Å². The molecule has 2 aliphatic heterocycles. The monoisotopic (exact) mass is 653 g/mol. The highest BCUT2D eigenvalue weighted by molar-refractivity contribution is 6.31. The molecule has 11 nitrogen and oxygen atoms in total. The van der Waals surface area contributed by atoms with Crippen molar-refractivity contribution in [3.8, 4) is 5.69 Å². The Morgan fingerprint density at radius 3 is 2.40 bits per heavy atom. The summed E-state index contributed by atoms with van der Waals surface area (Å²) < 4.78 is 8.90. The van der Waals surface area contributed by atoms with E-state index in [9.17, 15) is 24.6 Å². The van der Waals surface area contributed by atoms with Crippen LogP contribution in [0.1, 0.15) is 48.1 Å². The molecule has 0 aliphatic carbocycles. The lowest BCUT2D eigenvalue weighted by Gasteiger charge is -2.38. The summed E-state index contributed by atoms with van der Waals surface area (Å²) in [5, 5.41) is 22.3. The number of halogens is 2. The number of carbonyl (C=O) groups excluding carboxylic acids is 1. The van der Waals surface area contributed by atoms with Crippen LogP contribution >= 0.6 is 23.2 Å². The molecule has 2 aliphatic rings. The molecule has 13 heteroatoms. The van der Waals surface area contributed by atoms with Gasteiger partial charge < -0.3 is 19.8 Å². The first-order chi connectivity index (χ1) is 21.6. The largest absolute Gasteiger partial charge is 0.465 e. The van der Waals surface area contributed by atoms with Crippen molar-refractivity contribution in [1.29, 1.82) is 0 Å². The summed E-state index contributed by atoms with van der Waals surface area (Å²) in [6.45, 7) is 3.25. The lowest BCUT2D eigenvalue weighted by molar-refractivity contribution is -0.0559. The molecule has 4 aromatic rings. The number of morpholine rings is 1. The van der Waals surface area contributed by atoms with Crippen LogP contribution in [0, 0.1) is 0 Å². The minimum Gasteiger partial charge on any atom is -0.465 e. The van der Waals surface area contributed by atoms with Crippen LogP contribution in [0.2, 0.25) is 10.2 Å². The molecule has 4 heterocycles. The number of fused-ring (bicyclic) bond motifs is 1. The van der Waals surface area contributed by atoms with Crippen LogP contribution in [0.5, 0.6) is 0 Å². The summed E-state index contributed by atoms with van der Waals surface area (Å²) >= 11 is 12.5. The summed E-state index contributed by atoms with van der Waals surface area (Å²) in [5.41, 5.74) is 0.803. The summed E-state index contributed by atoms with van der Waals surface area (Å²) in [5.74, 6) is -0.130. The number of benzene rings is 2. The average Bonchev–Trinajstić information content (AvgIpc) is 3.39. The van der Waals surface area contributed by atoms with E-state index in [1.165, 1.54) is 15.8 Å². The summed E-state index contributed by atoms with van der Waals surface area (Å²) in [4.78, 5) is 46.0.